The second kappa shape index (κ2) is 5.61. The van der Waals surface area contributed by atoms with Crippen molar-refractivity contribution in [1.82, 2.24) is 14.9 Å². The molecular weight excluding hydrogens is 294 g/mol. The SMILES string of the molecule is Cc1nc(C)c2c(C)c(C(=O)N3CC(C)CC(C)C3)sc2n1. The minimum absolute atomic E-state index is 0.163. The third-order valence-electron chi connectivity index (χ3n) is 4.43. The van der Waals surface area contributed by atoms with Crippen LogP contribution in [0.3, 0.4) is 0 Å². The monoisotopic (exact) mass is 317 g/mol. The molecule has 2 aromatic heterocycles. The Balaban J connectivity index is 2.01. The number of hydrogen-bond acceptors (Lipinski definition) is 4. The maximum atomic E-state index is 13.0. The standard InChI is InChI=1S/C17H23N3OS/c1-9-6-10(2)8-20(7-9)17(21)15-11(3)14-12(4)18-13(5)19-16(14)22-15/h9-10H,6-8H2,1-5H3. The zero-order chi connectivity index (χ0) is 16.0. The van der Waals surface area contributed by atoms with Gasteiger partial charge in [0.25, 0.3) is 5.91 Å². The van der Waals surface area contributed by atoms with Crippen LogP contribution in [-0.4, -0.2) is 33.9 Å². The van der Waals surface area contributed by atoms with Gasteiger partial charge in [0.1, 0.15) is 10.7 Å². The van der Waals surface area contributed by atoms with Crippen LogP contribution in [0.2, 0.25) is 0 Å². The van der Waals surface area contributed by atoms with Crippen LogP contribution in [0.4, 0.5) is 0 Å². The fourth-order valence-corrected chi connectivity index (χ4v) is 4.90. The first kappa shape index (κ1) is 15.4. The van der Waals surface area contributed by atoms with Crippen molar-refractivity contribution >= 4 is 27.5 Å². The summed E-state index contributed by atoms with van der Waals surface area (Å²) in [5, 5.41) is 1.05. The lowest BCUT2D eigenvalue weighted by Crippen LogP contribution is -2.42. The summed E-state index contributed by atoms with van der Waals surface area (Å²) >= 11 is 1.51. The van der Waals surface area contributed by atoms with Gasteiger partial charge in [-0.2, -0.15) is 0 Å². The molecule has 0 aliphatic carbocycles. The zero-order valence-electron chi connectivity index (χ0n) is 13.9. The smallest absolute Gasteiger partial charge is 0.264 e. The van der Waals surface area contributed by atoms with Gasteiger partial charge in [0.15, 0.2) is 0 Å². The molecule has 22 heavy (non-hydrogen) atoms. The van der Waals surface area contributed by atoms with Crippen LogP contribution in [0, 0.1) is 32.6 Å². The number of nitrogens with zero attached hydrogens (tertiary/aromatic N) is 3. The van der Waals surface area contributed by atoms with Crippen molar-refractivity contribution in [2.24, 2.45) is 11.8 Å². The lowest BCUT2D eigenvalue weighted by Gasteiger charge is -2.34. The minimum Gasteiger partial charge on any atom is -0.337 e. The van der Waals surface area contributed by atoms with E-state index in [2.05, 4.69) is 23.8 Å². The first-order chi connectivity index (χ1) is 10.4. The maximum Gasteiger partial charge on any atom is 0.264 e. The highest BCUT2D eigenvalue weighted by Crippen LogP contribution is 2.33. The molecule has 0 spiro atoms. The summed E-state index contributed by atoms with van der Waals surface area (Å²) in [6.45, 7) is 12.1. The lowest BCUT2D eigenvalue weighted by atomic mass is 9.92. The molecule has 5 heteroatoms. The van der Waals surface area contributed by atoms with Crippen LogP contribution < -0.4 is 0 Å². The Labute approximate surface area is 135 Å². The molecule has 1 aliphatic heterocycles. The molecule has 4 nitrogen and oxygen atoms in total. The van der Waals surface area contributed by atoms with Crippen molar-refractivity contribution in [2.45, 2.75) is 41.0 Å². The average Bonchev–Trinajstić information content (AvgIpc) is 2.73. The molecule has 0 bridgehead atoms. The molecule has 0 saturated carbocycles. The molecular formula is C17H23N3OS. The Hall–Kier alpha value is -1.49. The average molecular weight is 317 g/mol. The normalized spacial score (nSPS) is 22.3. The molecule has 0 N–H and O–H groups in total. The summed E-state index contributed by atoms with van der Waals surface area (Å²) in [6, 6.07) is 0. The first-order valence-electron chi connectivity index (χ1n) is 7.90. The summed E-state index contributed by atoms with van der Waals surface area (Å²) in [5.41, 5.74) is 2.00. The number of likely N-dealkylation sites (tertiary alicyclic amines) is 1. The van der Waals surface area contributed by atoms with Gasteiger partial charge in [0, 0.05) is 24.2 Å². The van der Waals surface area contributed by atoms with Gasteiger partial charge < -0.3 is 4.90 Å². The molecule has 3 rings (SSSR count). The predicted molar refractivity (Wildman–Crippen MR) is 90.5 cm³/mol. The largest absolute Gasteiger partial charge is 0.337 e. The number of piperidine rings is 1. The van der Waals surface area contributed by atoms with E-state index in [1.54, 1.807) is 0 Å². The molecule has 0 radical (unpaired) electrons. The summed E-state index contributed by atoms with van der Waals surface area (Å²) in [6.07, 6.45) is 1.21. The molecule has 1 amide bonds. The van der Waals surface area contributed by atoms with E-state index in [0.29, 0.717) is 11.8 Å². The number of fused-ring (bicyclic) bond motifs is 1. The quantitative estimate of drug-likeness (QED) is 0.805. The third-order valence-corrected chi connectivity index (χ3v) is 5.61. The van der Waals surface area contributed by atoms with Gasteiger partial charge in [0.05, 0.1) is 4.88 Å². The van der Waals surface area contributed by atoms with E-state index in [-0.39, 0.29) is 5.91 Å². The van der Waals surface area contributed by atoms with E-state index < -0.39 is 0 Å². The molecule has 1 fully saturated rings. The molecule has 2 atom stereocenters. The summed E-state index contributed by atoms with van der Waals surface area (Å²) in [5.74, 6) is 2.08. The highest BCUT2D eigenvalue weighted by atomic mass is 32.1. The van der Waals surface area contributed by atoms with Gasteiger partial charge in [0.2, 0.25) is 0 Å². The number of aromatic nitrogens is 2. The van der Waals surface area contributed by atoms with E-state index in [4.69, 9.17) is 0 Å². The van der Waals surface area contributed by atoms with Crippen LogP contribution in [0.15, 0.2) is 0 Å². The highest BCUT2D eigenvalue weighted by Gasteiger charge is 2.29. The molecule has 2 aromatic rings. The van der Waals surface area contributed by atoms with Crippen molar-refractivity contribution in [3.8, 4) is 0 Å². The summed E-state index contributed by atoms with van der Waals surface area (Å²) < 4.78 is 0. The Kier molecular flexibility index (Phi) is 3.93. The third kappa shape index (κ3) is 2.62. The van der Waals surface area contributed by atoms with E-state index in [1.807, 2.05) is 25.7 Å². The Morgan fingerprint density at radius 1 is 1.14 bits per heavy atom. The van der Waals surface area contributed by atoms with Gasteiger partial charge >= 0.3 is 0 Å². The Morgan fingerprint density at radius 2 is 1.77 bits per heavy atom. The lowest BCUT2D eigenvalue weighted by molar-refractivity contribution is 0.0627. The molecule has 2 unspecified atom stereocenters. The minimum atomic E-state index is 0.163. The number of hydrogen-bond donors (Lipinski definition) is 0. The van der Waals surface area contributed by atoms with E-state index in [0.717, 1.165) is 45.3 Å². The number of aryl methyl sites for hydroxylation is 3. The molecule has 118 valence electrons. The Bertz CT molecular complexity index is 727. The van der Waals surface area contributed by atoms with Crippen molar-refractivity contribution in [2.75, 3.05) is 13.1 Å². The second-order valence-electron chi connectivity index (χ2n) is 6.75. The number of carbonyl (C=O) groups excluding carboxylic acids is 1. The fourth-order valence-electron chi connectivity index (χ4n) is 3.65. The zero-order valence-corrected chi connectivity index (χ0v) is 14.8. The maximum absolute atomic E-state index is 13.0. The second-order valence-corrected chi connectivity index (χ2v) is 7.75. The van der Waals surface area contributed by atoms with Crippen LogP contribution in [0.25, 0.3) is 10.2 Å². The topological polar surface area (TPSA) is 46.1 Å². The first-order valence-corrected chi connectivity index (χ1v) is 8.72. The number of rotatable bonds is 1. The molecule has 1 aliphatic rings. The van der Waals surface area contributed by atoms with Crippen LogP contribution in [0.5, 0.6) is 0 Å². The fraction of sp³-hybridized carbons (Fsp3) is 0.588. The van der Waals surface area contributed by atoms with E-state index >= 15 is 0 Å². The van der Waals surface area contributed by atoms with Gasteiger partial charge in [-0.25, -0.2) is 9.97 Å². The predicted octanol–water partition coefficient (Wildman–Crippen LogP) is 3.73. The van der Waals surface area contributed by atoms with Gasteiger partial charge in [-0.05, 0) is 44.6 Å². The van der Waals surface area contributed by atoms with Crippen molar-refractivity contribution in [1.29, 1.82) is 0 Å². The van der Waals surface area contributed by atoms with Crippen molar-refractivity contribution in [3.05, 3.63) is 22.0 Å². The number of amides is 1. The van der Waals surface area contributed by atoms with Crippen LogP contribution >= 0.6 is 11.3 Å². The summed E-state index contributed by atoms with van der Waals surface area (Å²) in [4.78, 5) is 25.7. The number of thiophene rings is 1. The van der Waals surface area contributed by atoms with Crippen LogP contribution in [-0.2, 0) is 0 Å². The molecule has 3 heterocycles. The molecule has 0 aromatic carbocycles. The van der Waals surface area contributed by atoms with Gasteiger partial charge in [-0.3, -0.25) is 4.79 Å². The molecule has 1 saturated heterocycles. The van der Waals surface area contributed by atoms with Gasteiger partial charge in [-0.15, -0.1) is 11.3 Å². The summed E-state index contributed by atoms with van der Waals surface area (Å²) in [7, 11) is 0. The van der Waals surface area contributed by atoms with Gasteiger partial charge in [-0.1, -0.05) is 13.8 Å². The van der Waals surface area contributed by atoms with Crippen molar-refractivity contribution in [3.63, 3.8) is 0 Å². The highest BCUT2D eigenvalue weighted by molar-refractivity contribution is 7.20. The van der Waals surface area contributed by atoms with Crippen molar-refractivity contribution < 1.29 is 4.79 Å². The van der Waals surface area contributed by atoms with E-state index in [1.165, 1.54) is 17.8 Å². The number of carbonyl (C=O) groups is 1. The Morgan fingerprint density at radius 3 is 2.41 bits per heavy atom. The van der Waals surface area contributed by atoms with E-state index in [9.17, 15) is 4.79 Å². The van der Waals surface area contributed by atoms with Crippen LogP contribution in [0.1, 0.15) is 47.0 Å².